The fourth-order valence-electron chi connectivity index (χ4n) is 4.90. The van der Waals surface area contributed by atoms with Crippen molar-refractivity contribution < 1.29 is 14.0 Å². The van der Waals surface area contributed by atoms with Crippen LogP contribution in [-0.2, 0) is 0 Å². The topological polar surface area (TPSA) is 85.4 Å². The molecule has 3 aromatic heterocycles. The highest BCUT2D eigenvalue weighted by molar-refractivity contribution is 6.21. The molecule has 8 nitrogen and oxygen atoms in total. The van der Waals surface area contributed by atoms with Crippen molar-refractivity contribution in [1.82, 2.24) is 29.0 Å². The maximum absolute atomic E-state index is 13.5. The molecule has 35 heavy (non-hydrogen) atoms. The van der Waals surface area contributed by atoms with Crippen molar-refractivity contribution in [2.45, 2.75) is 33.2 Å². The van der Waals surface area contributed by atoms with Crippen LogP contribution in [0.3, 0.4) is 0 Å². The van der Waals surface area contributed by atoms with Crippen LogP contribution in [0.4, 0.5) is 4.39 Å². The Labute approximate surface area is 199 Å². The highest BCUT2D eigenvalue weighted by Crippen LogP contribution is 2.34. The van der Waals surface area contributed by atoms with E-state index in [1.165, 1.54) is 17.0 Å². The minimum Gasteiger partial charge on any atom is -0.298 e. The van der Waals surface area contributed by atoms with Gasteiger partial charge in [0.1, 0.15) is 18.2 Å². The predicted molar refractivity (Wildman–Crippen MR) is 127 cm³/mol. The molecule has 5 aromatic rings. The highest BCUT2D eigenvalue weighted by atomic mass is 19.1. The number of hydrogen-bond acceptors (Lipinski definition) is 5. The summed E-state index contributed by atoms with van der Waals surface area (Å²) < 4.78 is 17.1. The first-order valence-corrected chi connectivity index (χ1v) is 11.4. The van der Waals surface area contributed by atoms with Gasteiger partial charge in [-0.2, -0.15) is 0 Å². The summed E-state index contributed by atoms with van der Waals surface area (Å²) in [5.41, 5.74) is 4.75. The fraction of sp³-hybridized carbons (Fsp3) is 0.192. The third-order valence-corrected chi connectivity index (χ3v) is 6.76. The molecule has 2 aromatic carbocycles. The third-order valence-electron chi connectivity index (χ3n) is 6.76. The summed E-state index contributed by atoms with van der Waals surface area (Å²) in [6.45, 7) is 5.85. The summed E-state index contributed by atoms with van der Waals surface area (Å²) in [5.74, 6) is -0.609. The van der Waals surface area contributed by atoms with E-state index in [1.54, 1.807) is 47.2 Å². The van der Waals surface area contributed by atoms with Gasteiger partial charge in [0.2, 0.25) is 0 Å². The van der Waals surface area contributed by atoms with Crippen molar-refractivity contribution in [3.8, 4) is 5.69 Å². The van der Waals surface area contributed by atoms with Crippen LogP contribution in [0.1, 0.15) is 57.2 Å². The Kier molecular flexibility index (Phi) is 4.57. The molecule has 9 heteroatoms. The number of rotatable bonds is 4. The van der Waals surface area contributed by atoms with Gasteiger partial charge in [0, 0.05) is 11.4 Å². The van der Waals surface area contributed by atoms with Crippen LogP contribution in [0.2, 0.25) is 0 Å². The molecule has 0 spiro atoms. The number of benzene rings is 2. The summed E-state index contributed by atoms with van der Waals surface area (Å²) in [6, 6.07) is 12.4. The molecule has 1 aliphatic heterocycles. The molecule has 6 rings (SSSR count). The van der Waals surface area contributed by atoms with Gasteiger partial charge in [-0.25, -0.2) is 18.9 Å². The Hall–Kier alpha value is -4.40. The molecule has 1 atom stereocenters. The van der Waals surface area contributed by atoms with Gasteiger partial charge in [-0.3, -0.25) is 19.1 Å². The van der Waals surface area contributed by atoms with E-state index < -0.39 is 6.04 Å². The molecule has 0 N–H and O–H groups in total. The first-order chi connectivity index (χ1) is 16.9. The second-order valence-electron chi connectivity index (χ2n) is 8.65. The maximum Gasteiger partial charge on any atom is 0.262 e. The zero-order valence-electron chi connectivity index (χ0n) is 19.4. The van der Waals surface area contributed by atoms with Crippen molar-refractivity contribution in [3.63, 3.8) is 0 Å². The van der Waals surface area contributed by atoms with Crippen molar-refractivity contribution in [2.75, 3.05) is 0 Å². The molecule has 0 radical (unpaired) electrons. The summed E-state index contributed by atoms with van der Waals surface area (Å²) in [7, 11) is 0. The number of hydrogen-bond donors (Lipinski definition) is 0. The first-order valence-electron chi connectivity index (χ1n) is 11.4. The third kappa shape index (κ3) is 2.94. The largest absolute Gasteiger partial charge is 0.298 e. The summed E-state index contributed by atoms with van der Waals surface area (Å²) in [6.07, 6.45) is 2.04. The van der Waals surface area contributed by atoms with Crippen LogP contribution in [0.5, 0.6) is 0 Å². The van der Waals surface area contributed by atoms with E-state index >= 15 is 0 Å². The Morgan fingerprint density at radius 2 is 1.60 bits per heavy atom. The van der Waals surface area contributed by atoms with Crippen LogP contribution >= 0.6 is 0 Å². The number of fused-ring (bicyclic) bond motifs is 4. The molecule has 1 aliphatic rings. The number of halogens is 1. The molecular weight excluding hydrogens is 447 g/mol. The smallest absolute Gasteiger partial charge is 0.262 e. The van der Waals surface area contributed by atoms with Gasteiger partial charge in [0.25, 0.3) is 11.8 Å². The van der Waals surface area contributed by atoms with Gasteiger partial charge < -0.3 is 0 Å². The molecule has 0 saturated carbocycles. The van der Waals surface area contributed by atoms with E-state index in [9.17, 15) is 14.0 Å². The zero-order valence-corrected chi connectivity index (χ0v) is 19.4. The van der Waals surface area contributed by atoms with Crippen molar-refractivity contribution >= 4 is 28.5 Å². The van der Waals surface area contributed by atoms with E-state index in [1.807, 2.05) is 25.3 Å². The van der Waals surface area contributed by atoms with Gasteiger partial charge >= 0.3 is 0 Å². The number of aromatic nitrogens is 5. The minimum atomic E-state index is -0.613. The van der Waals surface area contributed by atoms with E-state index in [0.717, 1.165) is 22.3 Å². The average molecular weight is 468 g/mol. The van der Waals surface area contributed by atoms with Crippen LogP contribution < -0.4 is 0 Å². The lowest BCUT2D eigenvalue weighted by Gasteiger charge is -2.22. The predicted octanol–water partition coefficient (Wildman–Crippen LogP) is 4.57. The maximum atomic E-state index is 13.5. The number of aryl methyl sites for hydroxylation is 1. The van der Waals surface area contributed by atoms with Crippen LogP contribution in [-0.4, -0.2) is 40.9 Å². The fourth-order valence-corrected chi connectivity index (χ4v) is 4.90. The van der Waals surface area contributed by atoms with Gasteiger partial charge in [-0.05, 0) is 62.2 Å². The summed E-state index contributed by atoms with van der Waals surface area (Å²) >= 11 is 0. The Bertz CT molecular complexity index is 1630. The van der Waals surface area contributed by atoms with E-state index in [2.05, 4.69) is 10.1 Å². The minimum absolute atomic E-state index is 0.309. The van der Waals surface area contributed by atoms with Gasteiger partial charge in [-0.15, -0.1) is 5.10 Å². The van der Waals surface area contributed by atoms with Gasteiger partial charge in [-0.1, -0.05) is 19.1 Å². The molecule has 0 aliphatic carbocycles. The molecule has 0 bridgehead atoms. The zero-order chi connectivity index (χ0) is 24.4. The molecule has 2 amide bonds. The lowest BCUT2D eigenvalue weighted by atomic mass is 10.1. The second-order valence-corrected chi connectivity index (χ2v) is 8.65. The molecule has 174 valence electrons. The molecule has 0 fully saturated rings. The first kappa shape index (κ1) is 21.2. The molecule has 0 unspecified atom stereocenters. The summed E-state index contributed by atoms with van der Waals surface area (Å²) in [4.78, 5) is 36.9. The Morgan fingerprint density at radius 1 is 0.943 bits per heavy atom. The average Bonchev–Trinajstić information content (AvgIpc) is 3.48. The molecule has 0 saturated heterocycles. The lowest BCUT2D eigenvalue weighted by Crippen LogP contribution is -2.34. The number of imide groups is 1. The van der Waals surface area contributed by atoms with Gasteiger partial charge in [0.15, 0.2) is 17.1 Å². The standard InChI is InChI=1S/C26H21FN6O2/c1-4-20(33-25(34)18-7-5-6-8-19(18)26(33)35)22-29-24-21-14(2)15(3)32(17-11-9-16(27)10-12-17)23(21)28-13-31(24)30-22/h5-13,20H,4H2,1-3H3/t20-/m0/s1. The van der Waals surface area contributed by atoms with Crippen molar-refractivity contribution in [2.24, 2.45) is 0 Å². The Morgan fingerprint density at radius 3 is 2.23 bits per heavy atom. The SMILES string of the molecule is CC[C@@H](c1nc2c3c(C)c(C)n(-c4ccc(F)cc4)c3ncn2n1)N1C(=O)c2ccccc2C1=O. The number of amides is 2. The van der Waals surface area contributed by atoms with Crippen LogP contribution in [0.25, 0.3) is 22.4 Å². The molecule has 4 heterocycles. The Balaban J connectivity index is 1.50. The normalized spacial score (nSPS) is 14.3. The van der Waals surface area contributed by atoms with E-state index in [0.29, 0.717) is 34.7 Å². The number of nitrogens with zero attached hydrogens (tertiary/aromatic N) is 6. The van der Waals surface area contributed by atoms with E-state index in [4.69, 9.17) is 4.98 Å². The second kappa shape index (κ2) is 7.56. The van der Waals surface area contributed by atoms with Gasteiger partial charge in [0.05, 0.1) is 16.5 Å². The molecular formula is C26H21FN6O2. The van der Waals surface area contributed by atoms with Crippen LogP contribution in [0.15, 0.2) is 54.9 Å². The summed E-state index contributed by atoms with van der Waals surface area (Å²) in [5, 5.41) is 5.42. The van der Waals surface area contributed by atoms with Crippen molar-refractivity contribution in [3.05, 3.63) is 88.9 Å². The highest BCUT2D eigenvalue weighted by Gasteiger charge is 2.41. The lowest BCUT2D eigenvalue weighted by molar-refractivity contribution is 0.0570. The number of carbonyl (C=O) groups is 2. The van der Waals surface area contributed by atoms with Crippen molar-refractivity contribution in [1.29, 1.82) is 0 Å². The van der Waals surface area contributed by atoms with E-state index in [-0.39, 0.29) is 17.6 Å². The number of carbonyl (C=O) groups excluding carboxylic acids is 2. The monoisotopic (exact) mass is 468 g/mol. The van der Waals surface area contributed by atoms with Crippen LogP contribution in [0, 0.1) is 19.7 Å². The quantitative estimate of drug-likeness (QED) is 0.361.